The average Bonchev–Trinajstić information content (AvgIpc) is 2.65. The van der Waals surface area contributed by atoms with E-state index >= 15 is 0 Å². The number of carbonyl (C=O) groups is 1. The van der Waals surface area contributed by atoms with Crippen molar-refractivity contribution in [1.29, 1.82) is 0 Å². The molecule has 0 aliphatic carbocycles. The predicted octanol–water partition coefficient (Wildman–Crippen LogP) is 3.54. The first-order chi connectivity index (χ1) is 11.7. The van der Waals surface area contributed by atoms with Gasteiger partial charge in [-0.25, -0.2) is 4.98 Å². The Bertz CT molecular complexity index is 919. The van der Waals surface area contributed by atoms with Crippen molar-refractivity contribution in [2.24, 2.45) is 0 Å². The number of ether oxygens (including phenoxy) is 2. The van der Waals surface area contributed by atoms with Crippen molar-refractivity contribution in [3.63, 3.8) is 0 Å². The number of hydrogen-bond donors (Lipinski definition) is 0. The van der Waals surface area contributed by atoms with Gasteiger partial charge >= 0.3 is 0 Å². The molecule has 0 radical (unpaired) electrons. The van der Waals surface area contributed by atoms with Crippen LogP contribution in [0.5, 0.6) is 11.5 Å². The molecular formula is C19H16N2O3. The number of nitrogens with zero attached hydrogens (tertiary/aromatic N) is 2. The Hall–Kier alpha value is -3.21. The predicted molar refractivity (Wildman–Crippen MR) is 92.4 cm³/mol. The van der Waals surface area contributed by atoms with E-state index in [1.165, 1.54) is 13.2 Å². The number of methoxy groups -OCH3 is 2. The van der Waals surface area contributed by atoms with Crippen molar-refractivity contribution < 1.29 is 14.3 Å². The highest BCUT2D eigenvalue weighted by Crippen LogP contribution is 2.27. The van der Waals surface area contributed by atoms with E-state index in [-0.39, 0.29) is 5.78 Å². The van der Waals surface area contributed by atoms with Crippen molar-refractivity contribution in [2.75, 3.05) is 14.2 Å². The number of fused-ring (bicyclic) bond motifs is 1. The maximum Gasteiger partial charge on any atom is 0.186 e. The van der Waals surface area contributed by atoms with Crippen LogP contribution < -0.4 is 9.47 Å². The number of allylic oxidation sites excluding steroid dienone is 1. The van der Waals surface area contributed by atoms with Gasteiger partial charge in [0.15, 0.2) is 17.3 Å². The highest BCUT2D eigenvalue weighted by molar-refractivity contribution is 6.07. The summed E-state index contributed by atoms with van der Waals surface area (Å²) < 4.78 is 10.4. The van der Waals surface area contributed by atoms with E-state index in [2.05, 4.69) is 9.97 Å². The van der Waals surface area contributed by atoms with Crippen LogP contribution in [0.2, 0.25) is 0 Å². The molecule has 24 heavy (non-hydrogen) atoms. The first-order valence-electron chi connectivity index (χ1n) is 7.37. The molecule has 0 spiro atoms. The molecule has 0 atom stereocenters. The number of hydrogen-bond acceptors (Lipinski definition) is 5. The lowest BCUT2D eigenvalue weighted by Gasteiger charge is -2.07. The molecule has 0 N–H and O–H groups in total. The number of rotatable bonds is 5. The summed E-state index contributed by atoms with van der Waals surface area (Å²) in [4.78, 5) is 21.1. The summed E-state index contributed by atoms with van der Waals surface area (Å²) in [5.74, 6) is 0.951. The van der Waals surface area contributed by atoms with Crippen molar-refractivity contribution in [3.05, 3.63) is 66.0 Å². The van der Waals surface area contributed by atoms with Crippen molar-refractivity contribution in [3.8, 4) is 11.5 Å². The van der Waals surface area contributed by atoms with E-state index in [0.717, 1.165) is 11.0 Å². The third-order valence-corrected chi connectivity index (χ3v) is 3.54. The maximum atomic E-state index is 12.3. The Balaban J connectivity index is 1.83. The summed E-state index contributed by atoms with van der Waals surface area (Å²) in [7, 11) is 3.09. The minimum Gasteiger partial charge on any atom is -0.493 e. The summed E-state index contributed by atoms with van der Waals surface area (Å²) in [5, 5.41) is 0. The van der Waals surface area contributed by atoms with E-state index in [9.17, 15) is 4.79 Å². The highest BCUT2D eigenvalue weighted by atomic mass is 16.5. The van der Waals surface area contributed by atoms with Gasteiger partial charge < -0.3 is 9.47 Å². The second-order valence-corrected chi connectivity index (χ2v) is 5.05. The van der Waals surface area contributed by atoms with Gasteiger partial charge in [0.1, 0.15) is 0 Å². The van der Waals surface area contributed by atoms with Crippen LogP contribution in [0.25, 0.3) is 17.1 Å². The fourth-order valence-electron chi connectivity index (χ4n) is 2.30. The zero-order valence-electron chi connectivity index (χ0n) is 13.4. The summed E-state index contributed by atoms with van der Waals surface area (Å²) in [5.41, 5.74) is 2.75. The lowest BCUT2D eigenvalue weighted by Crippen LogP contribution is -1.97. The van der Waals surface area contributed by atoms with Crippen LogP contribution in [-0.2, 0) is 0 Å². The van der Waals surface area contributed by atoms with Crippen LogP contribution in [0.1, 0.15) is 16.1 Å². The van der Waals surface area contributed by atoms with Crippen LogP contribution in [0.4, 0.5) is 0 Å². The number of ketones is 1. The molecular weight excluding hydrogens is 304 g/mol. The van der Waals surface area contributed by atoms with E-state index in [1.54, 1.807) is 37.6 Å². The standard InChI is InChI=1S/C19H16N2O3/c1-23-18-10-7-13(11-19(18)24-2)17(22)9-8-14-12-20-15-5-3-4-6-16(15)21-14/h3-12H,1-2H3/b9-8+. The Kier molecular flexibility index (Phi) is 4.52. The molecule has 120 valence electrons. The Labute approximate surface area is 139 Å². The number of aromatic nitrogens is 2. The van der Waals surface area contributed by atoms with Gasteiger partial charge in [-0.2, -0.15) is 0 Å². The number of carbonyl (C=O) groups excluding carboxylic acids is 1. The largest absolute Gasteiger partial charge is 0.493 e. The molecule has 5 nitrogen and oxygen atoms in total. The monoisotopic (exact) mass is 320 g/mol. The summed E-state index contributed by atoms with van der Waals surface area (Å²) in [6.45, 7) is 0. The van der Waals surface area contributed by atoms with Crippen LogP contribution in [0.3, 0.4) is 0 Å². The second kappa shape index (κ2) is 6.91. The van der Waals surface area contributed by atoms with Gasteiger partial charge in [0.05, 0.1) is 37.1 Å². The molecule has 0 saturated heterocycles. The highest BCUT2D eigenvalue weighted by Gasteiger charge is 2.08. The summed E-state index contributed by atoms with van der Waals surface area (Å²) >= 11 is 0. The smallest absolute Gasteiger partial charge is 0.186 e. The molecule has 1 heterocycles. The lowest BCUT2D eigenvalue weighted by atomic mass is 10.1. The van der Waals surface area contributed by atoms with Crippen LogP contribution in [-0.4, -0.2) is 30.0 Å². The second-order valence-electron chi connectivity index (χ2n) is 5.05. The minimum atomic E-state index is -0.147. The fraction of sp³-hybridized carbons (Fsp3) is 0.105. The van der Waals surface area contributed by atoms with E-state index in [1.807, 2.05) is 24.3 Å². The fourth-order valence-corrected chi connectivity index (χ4v) is 2.30. The molecule has 2 aromatic carbocycles. The zero-order chi connectivity index (χ0) is 16.9. The van der Waals surface area contributed by atoms with Crippen molar-refractivity contribution >= 4 is 22.9 Å². The number of para-hydroxylation sites is 2. The molecule has 0 saturated carbocycles. The molecule has 0 fully saturated rings. The number of benzene rings is 2. The van der Waals surface area contributed by atoms with Gasteiger partial charge in [-0.3, -0.25) is 9.78 Å². The molecule has 0 aliphatic rings. The van der Waals surface area contributed by atoms with Gasteiger partial charge in [0, 0.05) is 5.56 Å². The van der Waals surface area contributed by atoms with Gasteiger partial charge in [-0.15, -0.1) is 0 Å². The normalized spacial score (nSPS) is 10.9. The van der Waals surface area contributed by atoms with Crippen LogP contribution in [0.15, 0.2) is 54.7 Å². The van der Waals surface area contributed by atoms with Crippen molar-refractivity contribution in [2.45, 2.75) is 0 Å². The molecule has 0 amide bonds. The van der Waals surface area contributed by atoms with E-state index in [4.69, 9.17) is 9.47 Å². The summed E-state index contributed by atoms with van der Waals surface area (Å²) in [6.07, 6.45) is 4.76. The molecule has 5 heteroatoms. The molecule has 3 aromatic rings. The maximum absolute atomic E-state index is 12.3. The Morgan fingerprint density at radius 3 is 2.50 bits per heavy atom. The molecule has 3 rings (SSSR count). The lowest BCUT2D eigenvalue weighted by molar-refractivity contribution is 0.104. The molecule has 0 unspecified atom stereocenters. The Morgan fingerprint density at radius 1 is 1.00 bits per heavy atom. The third-order valence-electron chi connectivity index (χ3n) is 3.54. The van der Waals surface area contributed by atoms with Gasteiger partial charge in [0.2, 0.25) is 0 Å². The first-order valence-corrected chi connectivity index (χ1v) is 7.37. The van der Waals surface area contributed by atoms with Gasteiger partial charge in [-0.05, 0) is 42.5 Å². The Morgan fingerprint density at radius 2 is 1.75 bits per heavy atom. The van der Waals surface area contributed by atoms with Crippen molar-refractivity contribution in [1.82, 2.24) is 9.97 Å². The van der Waals surface area contributed by atoms with E-state index in [0.29, 0.717) is 22.8 Å². The van der Waals surface area contributed by atoms with Crippen LogP contribution >= 0.6 is 0 Å². The first kappa shape index (κ1) is 15.7. The zero-order valence-corrected chi connectivity index (χ0v) is 13.4. The quantitative estimate of drug-likeness (QED) is 0.531. The minimum absolute atomic E-state index is 0.147. The third kappa shape index (κ3) is 3.25. The SMILES string of the molecule is COc1ccc(C(=O)/C=C/c2cnc3ccccc3n2)cc1OC. The molecule has 0 aliphatic heterocycles. The van der Waals surface area contributed by atoms with Gasteiger partial charge in [0.25, 0.3) is 0 Å². The molecule has 1 aromatic heterocycles. The topological polar surface area (TPSA) is 61.3 Å². The van der Waals surface area contributed by atoms with Crippen LogP contribution in [0, 0.1) is 0 Å². The van der Waals surface area contributed by atoms with Gasteiger partial charge in [-0.1, -0.05) is 12.1 Å². The summed E-state index contributed by atoms with van der Waals surface area (Å²) in [6, 6.07) is 12.6. The molecule has 0 bridgehead atoms. The average molecular weight is 320 g/mol. The van der Waals surface area contributed by atoms with E-state index < -0.39 is 0 Å².